The number of aromatic nitrogens is 4. The molecular weight excluding hydrogens is 706 g/mol. The first-order chi connectivity index (χ1) is 24.5. The molecule has 2 aromatic heterocycles. The lowest BCUT2D eigenvalue weighted by Gasteiger charge is -2.22. The number of benzene rings is 4. The van der Waals surface area contributed by atoms with Gasteiger partial charge in [0.1, 0.15) is 12.4 Å². The molecule has 1 aliphatic rings. The lowest BCUT2D eigenvalue weighted by atomic mass is 9.84. The molecule has 50 heavy (non-hydrogen) atoms. The van der Waals surface area contributed by atoms with Crippen molar-refractivity contribution < 1.29 is 14.3 Å². The molecule has 0 aliphatic heterocycles. The van der Waals surface area contributed by atoms with Crippen molar-refractivity contribution in [2.24, 2.45) is 0 Å². The summed E-state index contributed by atoms with van der Waals surface area (Å²) in [4.78, 5) is 30.3. The fourth-order valence-corrected chi connectivity index (χ4v) is 8.86. The van der Waals surface area contributed by atoms with Crippen molar-refractivity contribution >= 4 is 74.1 Å². The number of thioether (sulfide) groups is 2. The van der Waals surface area contributed by atoms with Gasteiger partial charge in [-0.15, -0.1) is 21.5 Å². The van der Waals surface area contributed by atoms with Gasteiger partial charge < -0.3 is 10.1 Å². The Morgan fingerprint density at radius 1 is 0.880 bits per heavy atom. The summed E-state index contributed by atoms with van der Waals surface area (Å²) in [7, 11) is 0. The van der Waals surface area contributed by atoms with E-state index in [4.69, 9.17) is 16.3 Å². The van der Waals surface area contributed by atoms with Crippen molar-refractivity contribution in [1.82, 2.24) is 19.7 Å². The van der Waals surface area contributed by atoms with Crippen molar-refractivity contribution in [3.63, 3.8) is 0 Å². The first-order valence-electron chi connectivity index (χ1n) is 16.5. The Labute approximate surface area is 308 Å². The predicted molar refractivity (Wildman–Crippen MR) is 203 cm³/mol. The van der Waals surface area contributed by atoms with Crippen molar-refractivity contribution in [3.05, 3.63) is 119 Å². The maximum Gasteiger partial charge on any atom is 0.234 e. The van der Waals surface area contributed by atoms with E-state index >= 15 is 0 Å². The van der Waals surface area contributed by atoms with E-state index in [0.717, 1.165) is 26.0 Å². The van der Waals surface area contributed by atoms with Crippen molar-refractivity contribution in [2.75, 3.05) is 16.8 Å². The molecular formula is C38H34ClN5O3S3. The minimum absolute atomic E-state index is 0.0125. The fourth-order valence-electron chi connectivity index (χ4n) is 5.96. The summed E-state index contributed by atoms with van der Waals surface area (Å²) in [6.07, 6.45) is 6.48. The molecule has 6 aromatic rings. The maximum atomic E-state index is 13.1. The van der Waals surface area contributed by atoms with Crippen LogP contribution in [-0.4, -0.2) is 42.9 Å². The van der Waals surface area contributed by atoms with Gasteiger partial charge in [0.15, 0.2) is 21.1 Å². The van der Waals surface area contributed by atoms with Crippen molar-refractivity contribution in [1.29, 1.82) is 0 Å². The zero-order valence-electron chi connectivity index (χ0n) is 27.1. The summed E-state index contributed by atoms with van der Waals surface area (Å²) in [6.45, 7) is 0.238. The second-order valence-corrected chi connectivity index (χ2v) is 15.6. The Bertz CT molecular complexity index is 2080. The summed E-state index contributed by atoms with van der Waals surface area (Å²) >= 11 is 10.1. The Kier molecular flexibility index (Phi) is 11.1. The van der Waals surface area contributed by atoms with Gasteiger partial charge in [-0.05, 0) is 91.1 Å². The Morgan fingerprint density at radius 2 is 1.66 bits per heavy atom. The molecule has 254 valence electrons. The van der Waals surface area contributed by atoms with E-state index in [-0.39, 0.29) is 29.8 Å². The number of fused-ring (bicyclic) bond motifs is 1. The third-order valence-electron chi connectivity index (χ3n) is 8.52. The van der Waals surface area contributed by atoms with Gasteiger partial charge in [0.2, 0.25) is 5.91 Å². The molecule has 0 unspecified atom stereocenters. The predicted octanol–water partition coefficient (Wildman–Crippen LogP) is 9.86. The van der Waals surface area contributed by atoms with E-state index < -0.39 is 0 Å². The quantitative estimate of drug-likeness (QED) is 0.0924. The zero-order valence-corrected chi connectivity index (χ0v) is 30.3. The molecule has 0 saturated heterocycles. The normalized spacial score (nSPS) is 13.4. The van der Waals surface area contributed by atoms with E-state index in [1.54, 1.807) is 24.3 Å². The zero-order chi connectivity index (χ0) is 34.3. The number of ketones is 1. The second kappa shape index (κ2) is 16.2. The Morgan fingerprint density at radius 3 is 2.44 bits per heavy atom. The number of amides is 1. The third kappa shape index (κ3) is 8.58. The van der Waals surface area contributed by atoms with Gasteiger partial charge >= 0.3 is 0 Å². The number of nitrogens with one attached hydrogen (secondary N) is 1. The molecule has 1 N–H and O–H groups in total. The summed E-state index contributed by atoms with van der Waals surface area (Å²) in [5.41, 5.74) is 4.39. The van der Waals surface area contributed by atoms with Gasteiger partial charge in [0.25, 0.3) is 0 Å². The Balaban J connectivity index is 0.964. The van der Waals surface area contributed by atoms with E-state index in [2.05, 4.69) is 32.6 Å². The van der Waals surface area contributed by atoms with Crippen LogP contribution >= 0.6 is 46.5 Å². The monoisotopic (exact) mass is 739 g/mol. The van der Waals surface area contributed by atoms with Crippen molar-refractivity contribution in [2.45, 2.75) is 54.1 Å². The highest BCUT2D eigenvalue weighted by Gasteiger charge is 2.18. The lowest BCUT2D eigenvalue weighted by molar-refractivity contribution is -0.113. The van der Waals surface area contributed by atoms with Gasteiger partial charge in [-0.2, -0.15) is 0 Å². The van der Waals surface area contributed by atoms with E-state index in [1.165, 1.54) is 72.5 Å². The number of ether oxygens (including phenoxy) is 1. The number of hydrogen-bond acceptors (Lipinski definition) is 9. The molecule has 4 aromatic carbocycles. The number of hydrogen-bond donors (Lipinski definition) is 1. The molecule has 0 spiro atoms. The molecule has 1 aliphatic carbocycles. The number of thiazole rings is 1. The standard InChI is InChI=1S/C38H34ClN5O3S3/c39-28-15-11-27(12-16-28)33(45)23-49-38-41-32-20-17-29(21-34(32)50-38)40-36(46)24-48-37-43-42-35(44(37)30-9-5-2-6-10-30)22-47-31-18-13-26(14-19-31)25-7-3-1-4-8-25/h2,5-6,9-21,25H,1,3-4,7-8,22-24H2,(H,40,46). The highest BCUT2D eigenvalue weighted by molar-refractivity contribution is 8.01. The lowest BCUT2D eigenvalue weighted by Crippen LogP contribution is -2.14. The number of Topliss-reactive ketones (excluding diaryl/α,β-unsaturated/α-hetero) is 1. The van der Waals surface area contributed by atoms with Gasteiger partial charge in [-0.3, -0.25) is 14.2 Å². The number of para-hydroxylation sites is 1. The van der Waals surface area contributed by atoms with Gasteiger partial charge in [0, 0.05) is 22.0 Å². The van der Waals surface area contributed by atoms with Crippen LogP contribution < -0.4 is 10.1 Å². The number of carbonyl (C=O) groups is 2. The van der Waals surface area contributed by atoms with Crippen LogP contribution in [0.5, 0.6) is 5.75 Å². The minimum Gasteiger partial charge on any atom is -0.486 e. The second-order valence-electron chi connectivity index (χ2n) is 12.0. The molecule has 0 atom stereocenters. The van der Waals surface area contributed by atoms with E-state index in [0.29, 0.717) is 33.2 Å². The highest BCUT2D eigenvalue weighted by Crippen LogP contribution is 2.34. The summed E-state index contributed by atoms with van der Waals surface area (Å²) in [5, 5.41) is 13.1. The van der Waals surface area contributed by atoms with Crippen LogP contribution in [0.25, 0.3) is 15.9 Å². The van der Waals surface area contributed by atoms with Crippen LogP contribution in [0.4, 0.5) is 5.69 Å². The van der Waals surface area contributed by atoms with E-state index in [1.807, 2.05) is 65.2 Å². The molecule has 8 nitrogen and oxygen atoms in total. The molecule has 1 amide bonds. The third-order valence-corrected chi connectivity index (χ3v) is 11.9. The Hall–Kier alpha value is -4.16. The minimum atomic E-state index is -0.166. The van der Waals surface area contributed by atoms with Crippen LogP contribution in [0, 0.1) is 0 Å². The summed E-state index contributed by atoms with van der Waals surface area (Å²) in [6, 6.07) is 30.8. The SMILES string of the molecule is O=C(CSc1nnc(COc2ccc(C3CCCCC3)cc2)n1-c1ccccc1)Nc1ccc2nc(SCC(=O)c3ccc(Cl)cc3)sc2c1. The molecule has 12 heteroatoms. The smallest absolute Gasteiger partial charge is 0.234 e. The number of anilines is 1. The fraction of sp³-hybridized carbons (Fsp3) is 0.237. The first-order valence-corrected chi connectivity index (χ1v) is 19.6. The summed E-state index contributed by atoms with van der Waals surface area (Å²) in [5.74, 6) is 2.35. The topological polar surface area (TPSA) is 99.0 Å². The molecule has 0 bridgehead atoms. The van der Waals surface area contributed by atoms with Gasteiger partial charge in [-0.1, -0.05) is 84.7 Å². The first kappa shape index (κ1) is 34.3. The molecule has 1 saturated carbocycles. The highest BCUT2D eigenvalue weighted by atomic mass is 35.5. The van der Waals surface area contributed by atoms with Crippen LogP contribution in [0.15, 0.2) is 107 Å². The largest absolute Gasteiger partial charge is 0.486 e. The van der Waals surface area contributed by atoms with Crippen LogP contribution in [0.2, 0.25) is 5.02 Å². The average molecular weight is 740 g/mol. The van der Waals surface area contributed by atoms with Gasteiger partial charge in [0.05, 0.1) is 21.7 Å². The molecule has 2 heterocycles. The van der Waals surface area contributed by atoms with Gasteiger partial charge in [-0.25, -0.2) is 4.98 Å². The number of nitrogens with zero attached hydrogens (tertiary/aromatic N) is 4. The van der Waals surface area contributed by atoms with Crippen LogP contribution in [-0.2, 0) is 11.4 Å². The average Bonchev–Trinajstić information content (AvgIpc) is 3.76. The number of carbonyl (C=O) groups excluding carboxylic acids is 2. The molecule has 7 rings (SSSR count). The molecule has 1 fully saturated rings. The van der Waals surface area contributed by atoms with Crippen LogP contribution in [0.3, 0.4) is 0 Å². The number of halogens is 1. The van der Waals surface area contributed by atoms with E-state index in [9.17, 15) is 9.59 Å². The van der Waals surface area contributed by atoms with Crippen molar-refractivity contribution in [3.8, 4) is 11.4 Å². The number of rotatable bonds is 13. The summed E-state index contributed by atoms with van der Waals surface area (Å²) < 4.78 is 9.82. The molecule has 0 radical (unpaired) electrons. The maximum absolute atomic E-state index is 13.1. The van der Waals surface area contributed by atoms with Crippen LogP contribution in [0.1, 0.15) is 59.8 Å².